The van der Waals surface area contributed by atoms with E-state index in [1.54, 1.807) is 12.1 Å². The number of halogens is 2. The number of carbonyl (C=O) groups excluding carboxylic acids is 1. The molecule has 1 aromatic rings. The lowest BCUT2D eigenvalue weighted by atomic mass is 9.86. The maximum Gasteiger partial charge on any atom is 0.319 e. The molecule has 1 saturated carbocycles. The fourth-order valence-electron chi connectivity index (χ4n) is 2.53. The number of benzene rings is 1. The van der Waals surface area contributed by atoms with Gasteiger partial charge in [-0.2, -0.15) is 0 Å². The van der Waals surface area contributed by atoms with Crippen LogP contribution in [0.25, 0.3) is 0 Å². The molecule has 0 saturated heterocycles. The molecule has 7 heteroatoms. The van der Waals surface area contributed by atoms with Crippen LogP contribution in [0.4, 0.5) is 10.5 Å². The number of carboxylic acids is 1. The number of rotatable bonds is 4. The van der Waals surface area contributed by atoms with Gasteiger partial charge in [0.05, 0.1) is 16.1 Å². The zero-order chi connectivity index (χ0) is 15.5. The van der Waals surface area contributed by atoms with Crippen molar-refractivity contribution in [1.82, 2.24) is 5.32 Å². The van der Waals surface area contributed by atoms with E-state index in [-0.39, 0.29) is 6.54 Å². The largest absolute Gasteiger partial charge is 0.481 e. The molecule has 0 unspecified atom stereocenters. The van der Waals surface area contributed by atoms with E-state index in [4.69, 9.17) is 23.2 Å². The van der Waals surface area contributed by atoms with Gasteiger partial charge in [-0.25, -0.2) is 4.79 Å². The van der Waals surface area contributed by atoms with Gasteiger partial charge in [-0.3, -0.25) is 4.79 Å². The van der Waals surface area contributed by atoms with Crippen LogP contribution in [0.2, 0.25) is 10.0 Å². The number of hydrogen-bond donors (Lipinski definition) is 3. The number of urea groups is 1. The molecule has 5 nitrogen and oxygen atoms in total. The highest BCUT2D eigenvalue weighted by atomic mass is 35.5. The predicted octanol–water partition coefficient (Wildman–Crippen LogP) is 3.76. The number of aliphatic carboxylic acids is 1. The van der Waals surface area contributed by atoms with Gasteiger partial charge in [0.15, 0.2) is 0 Å². The Kier molecular flexibility index (Phi) is 4.96. The minimum atomic E-state index is -0.860. The van der Waals surface area contributed by atoms with E-state index in [0.29, 0.717) is 28.6 Å². The van der Waals surface area contributed by atoms with Gasteiger partial charge in [-0.05, 0) is 31.0 Å². The van der Waals surface area contributed by atoms with E-state index in [9.17, 15) is 14.7 Å². The van der Waals surface area contributed by atoms with Gasteiger partial charge >= 0.3 is 12.0 Å². The van der Waals surface area contributed by atoms with E-state index in [0.717, 1.165) is 12.8 Å². The van der Waals surface area contributed by atoms with Crippen LogP contribution in [-0.2, 0) is 4.79 Å². The first-order valence-corrected chi connectivity index (χ1v) is 7.42. The first-order valence-electron chi connectivity index (χ1n) is 6.66. The summed E-state index contributed by atoms with van der Waals surface area (Å²) in [6.07, 6.45) is 2.91. The first kappa shape index (κ1) is 15.9. The van der Waals surface area contributed by atoms with E-state index >= 15 is 0 Å². The van der Waals surface area contributed by atoms with Crippen molar-refractivity contribution in [3.05, 3.63) is 28.2 Å². The molecule has 3 N–H and O–H groups in total. The molecule has 2 amide bonds. The summed E-state index contributed by atoms with van der Waals surface area (Å²) in [6.45, 7) is 0.104. The Morgan fingerprint density at radius 3 is 2.52 bits per heavy atom. The molecule has 1 fully saturated rings. The molecule has 1 aromatic carbocycles. The smallest absolute Gasteiger partial charge is 0.319 e. The first-order chi connectivity index (χ1) is 9.93. The topological polar surface area (TPSA) is 78.4 Å². The number of amides is 2. The Bertz CT molecular complexity index is 557. The third-order valence-electron chi connectivity index (χ3n) is 3.78. The summed E-state index contributed by atoms with van der Waals surface area (Å²) < 4.78 is 0. The van der Waals surface area contributed by atoms with Gasteiger partial charge in [0.2, 0.25) is 0 Å². The molecule has 0 heterocycles. The van der Waals surface area contributed by atoms with Crippen LogP contribution in [0.1, 0.15) is 25.7 Å². The van der Waals surface area contributed by atoms with Gasteiger partial charge in [0.1, 0.15) is 0 Å². The zero-order valence-electron chi connectivity index (χ0n) is 11.3. The van der Waals surface area contributed by atoms with Crippen LogP contribution in [-0.4, -0.2) is 23.7 Å². The molecule has 0 atom stereocenters. The van der Waals surface area contributed by atoms with Crippen LogP contribution >= 0.6 is 23.2 Å². The zero-order valence-corrected chi connectivity index (χ0v) is 12.8. The number of anilines is 1. The molecule has 21 heavy (non-hydrogen) atoms. The van der Waals surface area contributed by atoms with Crippen molar-refractivity contribution in [2.45, 2.75) is 25.7 Å². The summed E-state index contributed by atoms with van der Waals surface area (Å²) in [4.78, 5) is 23.3. The Balaban J connectivity index is 1.96. The number of carbonyl (C=O) groups is 2. The molecule has 114 valence electrons. The average Bonchev–Trinajstić information content (AvgIpc) is 2.91. The van der Waals surface area contributed by atoms with Gasteiger partial charge in [0, 0.05) is 11.6 Å². The minimum absolute atomic E-state index is 0.104. The van der Waals surface area contributed by atoms with Crippen LogP contribution in [0, 0.1) is 5.41 Å². The molecule has 1 aliphatic rings. The summed E-state index contributed by atoms with van der Waals surface area (Å²) in [6, 6.07) is 4.23. The van der Waals surface area contributed by atoms with E-state index in [2.05, 4.69) is 10.6 Å². The van der Waals surface area contributed by atoms with Gasteiger partial charge < -0.3 is 15.7 Å². The van der Waals surface area contributed by atoms with Crippen LogP contribution in [0.15, 0.2) is 18.2 Å². The molecule has 1 aliphatic carbocycles. The maximum atomic E-state index is 11.9. The van der Waals surface area contributed by atoms with E-state index in [1.165, 1.54) is 6.07 Å². The summed E-state index contributed by atoms with van der Waals surface area (Å²) in [7, 11) is 0. The van der Waals surface area contributed by atoms with Crippen LogP contribution < -0.4 is 10.6 Å². The van der Waals surface area contributed by atoms with E-state index < -0.39 is 17.4 Å². The Morgan fingerprint density at radius 1 is 1.24 bits per heavy atom. The Hall–Kier alpha value is -1.46. The van der Waals surface area contributed by atoms with Crippen molar-refractivity contribution in [3.8, 4) is 0 Å². The lowest BCUT2D eigenvalue weighted by Gasteiger charge is -2.24. The molecular formula is C14H16Cl2N2O3. The van der Waals surface area contributed by atoms with E-state index in [1.807, 2.05) is 0 Å². The summed E-state index contributed by atoms with van der Waals surface area (Å²) in [5.74, 6) is -0.860. The highest BCUT2D eigenvalue weighted by Crippen LogP contribution is 2.37. The van der Waals surface area contributed by atoms with Crippen molar-refractivity contribution < 1.29 is 14.7 Å². The summed E-state index contributed by atoms with van der Waals surface area (Å²) in [5.41, 5.74) is -0.465. The van der Waals surface area contributed by atoms with Crippen molar-refractivity contribution in [3.63, 3.8) is 0 Å². The lowest BCUT2D eigenvalue weighted by Crippen LogP contribution is -2.42. The number of hydrogen-bond acceptors (Lipinski definition) is 2. The van der Waals surface area contributed by atoms with Crippen molar-refractivity contribution in [2.75, 3.05) is 11.9 Å². The van der Waals surface area contributed by atoms with Gasteiger partial charge in [-0.15, -0.1) is 0 Å². The highest BCUT2D eigenvalue weighted by Gasteiger charge is 2.41. The fourth-order valence-corrected chi connectivity index (χ4v) is 2.86. The Morgan fingerprint density at radius 2 is 1.90 bits per heavy atom. The van der Waals surface area contributed by atoms with Crippen molar-refractivity contribution in [2.24, 2.45) is 5.41 Å². The van der Waals surface area contributed by atoms with Gasteiger partial charge in [0.25, 0.3) is 0 Å². The standard InChI is InChI=1S/C14H16Cl2N2O3/c15-9-3-4-10(16)11(7-9)18-13(21)17-8-14(12(19)20)5-1-2-6-14/h3-4,7H,1-2,5-6,8H2,(H,19,20)(H2,17,18,21). The normalized spacial score (nSPS) is 16.5. The monoisotopic (exact) mass is 330 g/mol. The molecular weight excluding hydrogens is 315 g/mol. The molecule has 0 aromatic heterocycles. The maximum absolute atomic E-state index is 11.9. The molecule has 0 aliphatic heterocycles. The second kappa shape index (κ2) is 6.54. The SMILES string of the molecule is O=C(NCC1(C(=O)O)CCCC1)Nc1cc(Cl)ccc1Cl. The van der Waals surface area contributed by atoms with Gasteiger partial charge in [-0.1, -0.05) is 36.0 Å². The molecule has 0 radical (unpaired) electrons. The van der Waals surface area contributed by atoms with Crippen LogP contribution in [0.5, 0.6) is 0 Å². The van der Waals surface area contributed by atoms with Crippen molar-refractivity contribution >= 4 is 40.9 Å². The molecule has 0 spiro atoms. The highest BCUT2D eigenvalue weighted by molar-refractivity contribution is 6.35. The number of nitrogens with one attached hydrogen (secondary N) is 2. The quantitative estimate of drug-likeness (QED) is 0.786. The third-order valence-corrected chi connectivity index (χ3v) is 4.34. The summed E-state index contributed by atoms with van der Waals surface area (Å²) >= 11 is 11.8. The lowest BCUT2D eigenvalue weighted by molar-refractivity contribution is -0.148. The third kappa shape index (κ3) is 3.80. The predicted molar refractivity (Wildman–Crippen MR) is 82.0 cm³/mol. The van der Waals surface area contributed by atoms with Crippen LogP contribution in [0.3, 0.4) is 0 Å². The Labute approximate surface area is 132 Å². The fraction of sp³-hybridized carbons (Fsp3) is 0.429. The molecule has 2 rings (SSSR count). The summed E-state index contributed by atoms with van der Waals surface area (Å²) in [5, 5.41) is 15.3. The molecule has 0 bridgehead atoms. The minimum Gasteiger partial charge on any atom is -0.481 e. The average molecular weight is 331 g/mol. The second-order valence-electron chi connectivity index (χ2n) is 5.22. The second-order valence-corrected chi connectivity index (χ2v) is 6.07. The number of carboxylic acid groups (broad SMARTS) is 1. The van der Waals surface area contributed by atoms with Crippen molar-refractivity contribution in [1.29, 1.82) is 0 Å².